The maximum Gasteiger partial charge on any atom is 0.256 e. The lowest BCUT2D eigenvalue weighted by Gasteiger charge is -2.18. The van der Waals surface area contributed by atoms with Crippen molar-refractivity contribution in [3.8, 4) is 17.0 Å². The molecule has 0 saturated carbocycles. The Morgan fingerprint density at radius 2 is 1.65 bits per heavy atom. The van der Waals surface area contributed by atoms with Gasteiger partial charge >= 0.3 is 0 Å². The molecule has 3 aromatic rings. The first-order valence-electron chi connectivity index (χ1n) is 8.27. The minimum Gasteiger partial charge on any atom is -0.497 e. The highest BCUT2D eigenvalue weighted by molar-refractivity contribution is 6.05. The van der Waals surface area contributed by atoms with E-state index < -0.39 is 0 Å². The highest BCUT2D eigenvalue weighted by Gasteiger charge is 2.18. The normalized spacial score (nSPS) is 11.2. The highest BCUT2D eigenvalue weighted by Crippen LogP contribution is 2.27. The van der Waals surface area contributed by atoms with Crippen molar-refractivity contribution in [3.05, 3.63) is 59.7 Å². The fourth-order valence-electron chi connectivity index (χ4n) is 2.51. The third-order valence-corrected chi connectivity index (χ3v) is 4.10. The summed E-state index contributed by atoms with van der Waals surface area (Å²) in [6, 6.07) is 14.8. The Kier molecular flexibility index (Phi) is 4.75. The second-order valence-corrected chi connectivity index (χ2v) is 6.97. The van der Waals surface area contributed by atoms with Gasteiger partial charge in [-0.1, -0.05) is 32.9 Å². The van der Waals surface area contributed by atoms with Crippen LogP contribution in [0.2, 0.25) is 0 Å². The fourth-order valence-corrected chi connectivity index (χ4v) is 2.51. The smallest absolute Gasteiger partial charge is 0.256 e. The molecule has 0 atom stereocenters. The summed E-state index contributed by atoms with van der Waals surface area (Å²) in [4.78, 5) is 12.5. The summed E-state index contributed by atoms with van der Waals surface area (Å²) in [7, 11) is 1.60. The average Bonchev–Trinajstić information content (AvgIpc) is 3.09. The standard InChI is InChI=1S/C20H21N3O3/c1-20(2,3)15-9-5-14(6-10-15)19(24)21-18-17(22-26-23-18)13-7-11-16(25-4)12-8-13/h5-12H,1-4H3,(H,21,23,24). The number of anilines is 1. The number of amides is 1. The Morgan fingerprint density at radius 1 is 1.00 bits per heavy atom. The Labute approximate surface area is 152 Å². The Hall–Kier alpha value is -3.15. The molecule has 0 unspecified atom stereocenters. The predicted molar refractivity (Wildman–Crippen MR) is 99.4 cm³/mol. The maximum absolute atomic E-state index is 12.5. The van der Waals surface area contributed by atoms with Gasteiger partial charge < -0.3 is 10.1 Å². The van der Waals surface area contributed by atoms with Gasteiger partial charge in [-0.2, -0.15) is 0 Å². The van der Waals surface area contributed by atoms with Gasteiger partial charge in [0.15, 0.2) is 5.69 Å². The van der Waals surface area contributed by atoms with Crippen molar-refractivity contribution in [1.82, 2.24) is 10.3 Å². The number of ether oxygens (including phenoxy) is 1. The molecule has 1 N–H and O–H groups in total. The number of hydrogen-bond acceptors (Lipinski definition) is 5. The topological polar surface area (TPSA) is 77.2 Å². The van der Waals surface area contributed by atoms with Gasteiger partial charge in [0.2, 0.25) is 5.82 Å². The Balaban J connectivity index is 1.79. The summed E-state index contributed by atoms with van der Waals surface area (Å²) >= 11 is 0. The van der Waals surface area contributed by atoms with Crippen molar-refractivity contribution in [2.75, 3.05) is 12.4 Å². The second kappa shape index (κ2) is 7.00. The minimum atomic E-state index is -0.268. The molecule has 26 heavy (non-hydrogen) atoms. The van der Waals surface area contributed by atoms with E-state index >= 15 is 0 Å². The maximum atomic E-state index is 12.5. The summed E-state index contributed by atoms with van der Waals surface area (Å²) in [5, 5.41) is 10.5. The average molecular weight is 351 g/mol. The van der Waals surface area contributed by atoms with Gasteiger partial charge in [-0.15, -0.1) is 0 Å². The number of nitrogens with zero attached hydrogens (tertiary/aromatic N) is 2. The number of nitrogens with one attached hydrogen (secondary N) is 1. The lowest BCUT2D eigenvalue weighted by molar-refractivity contribution is 0.102. The van der Waals surface area contributed by atoms with Crippen molar-refractivity contribution in [3.63, 3.8) is 0 Å². The summed E-state index contributed by atoms with van der Waals surface area (Å²) < 4.78 is 9.95. The van der Waals surface area contributed by atoms with Crippen LogP contribution in [0.4, 0.5) is 5.82 Å². The summed E-state index contributed by atoms with van der Waals surface area (Å²) in [5.41, 5.74) is 2.97. The molecule has 0 aliphatic rings. The van der Waals surface area contributed by atoms with Crippen LogP contribution in [-0.4, -0.2) is 23.3 Å². The summed E-state index contributed by atoms with van der Waals surface area (Å²) in [5.74, 6) is 0.741. The van der Waals surface area contributed by atoms with E-state index in [-0.39, 0.29) is 17.1 Å². The first kappa shape index (κ1) is 17.7. The zero-order chi connectivity index (χ0) is 18.7. The molecular formula is C20H21N3O3. The van der Waals surface area contributed by atoms with Gasteiger partial charge in [0, 0.05) is 11.1 Å². The van der Waals surface area contributed by atoms with Crippen molar-refractivity contribution >= 4 is 11.7 Å². The third kappa shape index (κ3) is 3.74. The van der Waals surface area contributed by atoms with Gasteiger partial charge in [-0.05, 0) is 57.7 Å². The fraction of sp³-hybridized carbons (Fsp3) is 0.250. The van der Waals surface area contributed by atoms with Crippen molar-refractivity contribution in [2.24, 2.45) is 0 Å². The van der Waals surface area contributed by atoms with E-state index in [2.05, 4.69) is 36.4 Å². The van der Waals surface area contributed by atoms with Crippen LogP contribution < -0.4 is 10.1 Å². The predicted octanol–water partition coefficient (Wildman–Crippen LogP) is 4.30. The van der Waals surface area contributed by atoms with E-state index in [4.69, 9.17) is 9.37 Å². The number of carbonyl (C=O) groups is 1. The van der Waals surface area contributed by atoms with Crippen molar-refractivity contribution in [1.29, 1.82) is 0 Å². The molecule has 3 rings (SSSR count). The van der Waals surface area contributed by atoms with Gasteiger partial charge in [0.1, 0.15) is 5.75 Å². The van der Waals surface area contributed by atoms with Crippen LogP contribution >= 0.6 is 0 Å². The number of benzene rings is 2. The molecule has 0 aliphatic carbocycles. The Bertz CT molecular complexity index is 891. The first-order valence-corrected chi connectivity index (χ1v) is 8.27. The van der Waals surface area contributed by atoms with E-state index in [0.717, 1.165) is 16.9 Å². The first-order chi connectivity index (χ1) is 12.4. The van der Waals surface area contributed by atoms with Crippen LogP contribution in [0.15, 0.2) is 53.2 Å². The van der Waals surface area contributed by atoms with Gasteiger partial charge in [-0.25, -0.2) is 4.63 Å². The number of carbonyl (C=O) groups excluding carboxylic acids is 1. The second-order valence-electron chi connectivity index (χ2n) is 6.97. The molecule has 0 saturated heterocycles. The van der Waals surface area contributed by atoms with Crippen molar-refractivity contribution in [2.45, 2.75) is 26.2 Å². The van der Waals surface area contributed by atoms with Crippen LogP contribution in [0.25, 0.3) is 11.3 Å². The van der Waals surface area contributed by atoms with Crippen LogP contribution in [0.5, 0.6) is 5.75 Å². The Morgan fingerprint density at radius 3 is 2.23 bits per heavy atom. The molecule has 0 bridgehead atoms. The minimum absolute atomic E-state index is 0.0343. The number of methoxy groups -OCH3 is 1. The zero-order valence-corrected chi connectivity index (χ0v) is 15.2. The SMILES string of the molecule is COc1ccc(-c2nonc2NC(=O)c2ccc(C(C)(C)C)cc2)cc1. The molecule has 2 aromatic carbocycles. The highest BCUT2D eigenvalue weighted by atomic mass is 16.6. The van der Waals surface area contributed by atoms with Crippen LogP contribution in [0.1, 0.15) is 36.7 Å². The lowest BCUT2D eigenvalue weighted by atomic mass is 9.87. The van der Waals surface area contributed by atoms with Gasteiger partial charge in [0.25, 0.3) is 5.91 Å². The van der Waals surface area contributed by atoms with Crippen LogP contribution in [0, 0.1) is 0 Å². The van der Waals surface area contributed by atoms with Gasteiger partial charge in [-0.3, -0.25) is 4.79 Å². The molecule has 0 aliphatic heterocycles. The quantitative estimate of drug-likeness (QED) is 0.758. The summed E-state index contributed by atoms with van der Waals surface area (Å²) in [6.45, 7) is 6.39. The molecule has 0 radical (unpaired) electrons. The monoisotopic (exact) mass is 351 g/mol. The third-order valence-electron chi connectivity index (χ3n) is 4.10. The molecule has 1 amide bonds. The molecule has 0 fully saturated rings. The van der Waals surface area contributed by atoms with E-state index in [9.17, 15) is 4.79 Å². The van der Waals surface area contributed by atoms with Crippen LogP contribution in [0.3, 0.4) is 0 Å². The molecule has 6 heteroatoms. The largest absolute Gasteiger partial charge is 0.497 e. The number of rotatable bonds is 4. The molecule has 0 spiro atoms. The molecular weight excluding hydrogens is 330 g/mol. The van der Waals surface area contributed by atoms with E-state index in [1.165, 1.54) is 0 Å². The number of hydrogen-bond donors (Lipinski definition) is 1. The van der Waals surface area contributed by atoms with Crippen LogP contribution in [-0.2, 0) is 5.41 Å². The van der Waals surface area contributed by atoms with E-state index in [1.54, 1.807) is 31.4 Å². The molecule has 134 valence electrons. The molecule has 1 aromatic heterocycles. The zero-order valence-electron chi connectivity index (χ0n) is 15.2. The van der Waals surface area contributed by atoms with Crippen molar-refractivity contribution < 1.29 is 14.2 Å². The van der Waals surface area contributed by atoms with Gasteiger partial charge in [0.05, 0.1) is 7.11 Å². The van der Waals surface area contributed by atoms with E-state index in [1.807, 2.05) is 24.3 Å². The molecule has 1 heterocycles. The molecule has 6 nitrogen and oxygen atoms in total. The summed E-state index contributed by atoms with van der Waals surface area (Å²) in [6.07, 6.45) is 0. The van der Waals surface area contributed by atoms with E-state index in [0.29, 0.717) is 11.3 Å². The number of aromatic nitrogens is 2. The lowest BCUT2D eigenvalue weighted by Crippen LogP contribution is -2.15.